The maximum atomic E-state index is 6.14. The summed E-state index contributed by atoms with van der Waals surface area (Å²) >= 11 is 11.5. The van der Waals surface area contributed by atoms with Crippen LogP contribution < -0.4 is 0 Å². The van der Waals surface area contributed by atoms with E-state index < -0.39 is 0 Å². The Balaban J connectivity index is 2.31. The molecule has 2 nitrogen and oxygen atoms in total. The van der Waals surface area contributed by atoms with E-state index in [1.165, 1.54) is 6.42 Å². The molecular weight excluding hydrogens is 252 g/mol. The first-order chi connectivity index (χ1) is 8.09. The van der Waals surface area contributed by atoms with E-state index in [-0.39, 0.29) is 0 Å². The zero-order valence-electron chi connectivity index (χ0n) is 10.2. The van der Waals surface area contributed by atoms with Crippen molar-refractivity contribution < 1.29 is 0 Å². The Kier molecular flexibility index (Phi) is 3.89. The number of hydrogen-bond acceptors (Lipinski definition) is 1. The fraction of sp³-hybridized carbons (Fsp3) is 0.462. The van der Waals surface area contributed by atoms with Crippen LogP contribution in [0.25, 0.3) is 11.0 Å². The molecule has 1 aromatic carbocycles. The second-order valence-corrected chi connectivity index (χ2v) is 5.55. The second kappa shape index (κ2) is 5.23. The molecule has 0 fully saturated rings. The number of fused-ring (bicyclic) bond motifs is 1. The highest BCUT2D eigenvalue weighted by Gasteiger charge is 2.06. The maximum absolute atomic E-state index is 6.14. The number of benzene rings is 1. The van der Waals surface area contributed by atoms with E-state index in [1.807, 2.05) is 12.1 Å². The highest BCUT2D eigenvalue weighted by atomic mass is 35.5. The van der Waals surface area contributed by atoms with E-state index in [0.29, 0.717) is 0 Å². The molecule has 2 aromatic rings. The van der Waals surface area contributed by atoms with Gasteiger partial charge in [0.05, 0.1) is 16.1 Å². The van der Waals surface area contributed by atoms with Gasteiger partial charge < -0.3 is 9.55 Å². The maximum Gasteiger partial charge on any atom is 0.178 e. The minimum atomic E-state index is 0.733. The van der Waals surface area contributed by atoms with E-state index in [4.69, 9.17) is 23.8 Å². The number of imidazole rings is 1. The number of aryl methyl sites for hydroxylation is 1. The average molecular weight is 269 g/mol. The third kappa shape index (κ3) is 2.72. The van der Waals surface area contributed by atoms with Gasteiger partial charge in [-0.2, -0.15) is 0 Å². The van der Waals surface area contributed by atoms with Gasteiger partial charge in [-0.15, -0.1) is 0 Å². The monoisotopic (exact) mass is 268 g/mol. The van der Waals surface area contributed by atoms with Crippen LogP contribution in [0, 0.1) is 10.7 Å². The molecule has 4 heteroatoms. The van der Waals surface area contributed by atoms with E-state index >= 15 is 0 Å². The Morgan fingerprint density at radius 2 is 2.18 bits per heavy atom. The lowest BCUT2D eigenvalue weighted by Gasteiger charge is -2.06. The molecule has 0 aliphatic carbocycles. The van der Waals surface area contributed by atoms with Crippen molar-refractivity contribution in [3.63, 3.8) is 0 Å². The Bertz CT molecular complexity index is 568. The van der Waals surface area contributed by atoms with Gasteiger partial charge in [-0.1, -0.05) is 31.5 Å². The Morgan fingerprint density at radius 3 is 2.88 bits per heavy atom. The summed E-state index contributed by atoms with van der Waals surface area (Å²) in [4.78, 5) is 3.18. The standard InChI is InChI=1S/C13H17ClN2S/c1-9(2)5-4-8-16-11-7-3-6-10(14)12(11)15-13(16)17/h3,6-7,9H,4-5,8H2,1-2H3,(H,15,17). The molecule has 92 valence electrons. The van der Waals surface area contributed by atoms with Gasteiger partial charge in [0.15, 0.2) is 4.77 Å². The van der Waals surface area contributed by atoms with Crippen LogP contribution in [0.4, 0.5) is 0 Å². The first-order valence-electron chi connectivity index (χ1n) is 5.96. The summed E-state index contributed by atoms with van der Waals surface area (Å²) in [5, 5.41) is 0.733. The summed E-state index contributed by atoms with van der Waals surface area (Å²) in [6, 6.07) is 5.91. The lowest BCUT2D eigenvalue weighted by molar-refractivity contribution is 0.515. The molecule has 0 bridgehead atoms. The molecule has 0 aliphatic rings. The normalized spacial score (nSPS) is 11.5. The van der Waals surface area contributed by atoms with Crippen molar-refractivity contribution in [2.75, 3.05) is 0 Å². The summed E-state index contributed by atoms with van der Waals surface area (Å²) in [5.41, 5.74) is 2.05. The number of aromatic nitrogens is 2. The van der Waals surface area contributed by atoms with Crippen LogP contribution in [0.2, 0.25) is 5.02 Å². The number of aromatic amines is 1. The largest absolute Gasteiger partial charge is 0.329 e. The summed E-state index contributed by atoms with van der Waals surface area (Å²) in [6.07, 6.45) is 2.36. The van der Waals surface area contributed by atoms with Crippen molar-refractivity contribution in [3.05, 3.63) is 28.0 Å². The molecule has 1 aromatic heterocycles. The molecule has 0 atom stereocenters. The van der Waals surface area contributed by atoms with Gasteiger partial charge in [-0.05, 0) is 43.1 Å². The van der Waals surface area contributed by atoms with Crippen LogP contribution in [-0.2, 0) is 6.54 Å². The zero-order chi connectivity index (χ0) is 12.4. The smallest absolute Gasteiger partial charge is 0.178 e. The topological polar surface area (TPSA) is 20.7 Å². The van der Waals surface area contributed by atoms with Crippen molar-refractivity contribution >= 4 is 34.9 Å². The Hall–Kier alpha value is -0.800. The molecular formula is C13H17ClN2S. The van der Waals surface area contributed by atoms with Crippen molar-refractivity contribution in [2.45, 2.75) is 33.2 Å². The summed E-state index contributed by atoms with van der Waals surface area (Å²) in [5.74, 6) is 0.734. The highest BCUT2D eigenvalue weighted by molar-refractivity contribution is 7.71. The molecule has 17 heavy (non-hydrogen) atoms. The highest BCUT2D eigenvalue weighted by Crippen LogP contribution is 2.23. The lowest BCUT2D eigenvalue weighted by atomic mass is 10.1. The van der Waals surface area contributed by atoms with Gasteiger partial charge in [-0.25, -0.2) is 0 Å². The quantitative estimate of drug-likeness (QED) is 0.791. The first kappa shape index (κ1) is 12.7. The number of halogens is 1. The molecule has 1 heterocycles. The van der Waals surface area contributed by atoms with Crippen LogP contribution in [-0.4, -0.2) is 9.55 Å². The van der Waals surface area contributed by atoms with Gasteiger partial charge >= 0.3 is 0 Å². The van der Waals surface area contributed by atoms with Crippen molar-refractivity contribution in [3.8, 4) is 0 Å². The van der Waals surface area contributed by atoms with Gasteiger partial charge in [0.2, 0.25) is 0 Å². The van der Waals surface area contributed by atoms with Crippen molar-refractivity contribution in [1.29, 1.82) is 0 Å². The number of para-hydroxylation sites is 1. The zero-order valence-corrected chi connectivity index (χ0v) is 11.7. The predicted octanol–water partition coefficient (Wildman–Crippen LogP) is 4.79. The minimum absolute atomic E-state index is 0.733. The average Bonchev–Trinajstić information content (AvgIpc) is 2.57. The number of rotatable bonds is 4. The SMILES string of the molecule is CC(C)CCCn1c(=S)[nH]c2c(Cl)cccc21. The molecule has 0 radical (unpaired) electrons. The second-order valence-electron chi connectivity index (χ2n) is 4.75. The summed E-state index contributed by atoms with van der Waals surface area (Å²) in [7, 11) is 0. The van der Waals surface area contributed by atoms with E-state index in [9.17, 15) is 0 Å². The van der Waals surface area contributed by atoms with Crippen LogP contribution in [0.1, 0.15) is 26.7 Å². The number of H-pyrrole nitrogens is 1. The number of nitrogens with zero attached hydrogens (tertiary/aromatic N) is 1. The van der Waals surface area contributed by atoms with Crippen LogP contribution in [0.5, 0.6) is 0 Å². The summed E-state index contributed by atoms with van der Waals surface area (Å²) in [6.45, 7) is 5.44. The molecule has 0 amide bonds. The Morgan fingerprint density at radius 1 is 1.41 bits per heavy atom. The molecule has 2 rings (SSSR count). The fourth-order valence-electron chi connectivity index (χ4n) is 2.02. The van der Waals surface area contributed by atoms with Gasteiger partial charge in [0, 0.05) is 6.54 Å². The lowest BCUT2D eigenvalue weighted by Crippen LogP contribution is -1.99. The minimum Gasteiger partial charge on any atom is -0.329 e. The first-order valence-corrected chi connectivity index (χ1v) is 6.75. The molecule has 0 unspecified atom stereocenters. The van der Waals surface area contributed by atoms with E-state index in [2.05, 4.69) is 29.5 Å². The van der Waals surface area contributed by atoms with Crippen LogP contribution in [0.15, 0.2) is 18.2 Å². The van der Waals surface area contributed by atoms with Gasteiger partial charge in [0.1, 0.15) is 0 Å². The van der Waals surface area contributed by atoms with E-state index in [1.54, 1.807) is 0 Å². The predicted molar refractivity (Wildman–Crippen MR) is 76.2 cm³/mol. The summed E-state index contributed by atoms with van der Waals surface area (Å²) < 4.78 is 2.90. The third-order valence-electron chi connectivity index (χ3n) is 2.92. The van der Waals surface area contributed by atoms with Crippen molar-refractivity contribution in [1.82, 2.24) is 9.55 Å². The molecule has 0 spiro atoms. The molecule has 1 N–H and O–H groups in total. The van der Waals surface area contributed by atoms with Gasteiger partial charge in [-0.3, -0.25) is 0 Å². The van der Waals surface area contributed by atoms with E-state index in [0.717, 1.165) is 39.7 Å². The molecule has 0 saturated carbocycles. The number of nitrogens with one attached hydrogen (secondary N) is 1. The molecule has 0 aliphatic heterocycles. The third-order valence-corrected chi connectivity index (χ3v) is 3.56. The Labute approximate surface area is 112 Å². The van der Waals surface area contributed by atoms with Crippen LogP contribution in [0.3, 0.4) is 0 Å². The van der Waals surface area contributed by atoms with Gasteiger partial charge in [0.25, 0.3) is 0 Å². The van der Waals surface area contributed by atoms with Crippen molar-refractivity contribution in [2.24, 2.45) is 5.92 Å². The fourth-order valence-corrected chi connectivity index (χ4v) is 2.53. The molecule has 0 saturated heterocycles. The number of hydrogen-bond donors (Lipinski definition) is 1. The van der Waals surface area contributed by atoms with Crippen LogP contribution >= 0.6 is 23.8 Å².